The average molecular weight is 574 g/mol. The van der Waals surface area contributed by atoms with Gasteiger partial charge in [0.25, 0.3) is 5.56 Å². The van der Waals surface area contributed by atoms with E-state index >= 15 is 4.39 Å². The van der Waals surface area contributed by atoms with Crippen molar-refractivity contribution in [2.24, 2.45) is 0 Å². The lowest BCUT2D eigenvalue weighted by molar-refractivity contribution is 0.0869. The summed E-state index contributed by atoms with van der Waals surface area (Å²) in [7, 11) is 2.70. The number of piperazine rings is 1. The monoisotopic (exact) mass is 573 g/mol. The van der Waals surface area contributed by atoms with E-state index in [1.807, 2.05) is 0 Å². The number of benzene rings is 2. The van der Waals surface area contributed by atoms with Crippen LogP contribution in [0.2, 0.25) is 0 Å². The molecule has 1 amide bonds. The van der Waals surface area contributed by atoms with Crippen LogP contribution in [-0.4, -0.2) is 73.2 Å². The van der Waals surface area contributed by atoms with Gasteiger partial charge in [-0.1, -0.05) is 18.2 Å². The molecule has 0 radical (unpaired) electrons. The van der Waals surface area contributed by atoms with Crippen LogP contribution in [0.3, 0.4) is 0 Å². The fraction of sp³-hybridized carbons (Fsp3) is 0.379. The summed E-state index contributed by atoms with van der Waals surface area (Å²) in [6.07, 6.45) is -0.459. The Kier molecular flexibility index (Phi) is 8.14. The molecule has 1 fully saturated rings. The molecule has 40 heavy (non-hydrogen) atoms. The maximum absolute atomic E-state index is 15.5. The van der Waals surface area contributed by atoms with E-state index in [0.29, 0.717) is 54.6 Å². The van der Waals surface area contributed by atoms with E-state index < -0.39 is 17.5 Å². The molecular formula is C29H30F3N3O4S. The summed E-state index contributed by atoms with van der Waals surface area (Å²) in [6.45, 7) is 4.45. The number of thioether (sulfide) groups is 1. The van der Waals surface area contributed by atoms with E-state index in [1.165, 1.54) is 56.3 Å². The number of rotatable bonds is 6. The van der Waals surface area contributed by atoms with Crippen molar-refractivity contribution in [1.82, 2.24) is 14.4 Å². The van der Waals surface area contributed by atoms with Gasteiger partial charge in [0.05, 0.1) is 30.9 Å². The average Bonchev–Trinajstić information content (AvgIpc) is 3.37. The Morgan fingerprint density at radius 3 is 2.33 bits per heavy atom. The van der Waals surface area contributed by atoms with Crippen LogP contribution in [0.25, 0.3) is 11.1 Å². The largest absolute Gasteiger partial charge is 0.494 e. The minimum atomic E-state index is -0.679. The Morgan fingerprint density at radius 2 is 1.68 bits per heavy atom. The van der Waals surface area contributed by atoms with Gasteiger partial charge in [-0.3, -0.25) is 14.3 Å². The van der Waals surface area contributed by atoms with Crippen LogP contribution in [0.4, 0.5) is 18.0 Å². The number of carbonyl (C=O) groups excluding carboxylic acids is 1. The second-order valence-corrected chi connectivity index (χ2v) is 10.9. The Morgan fingerprint density at radius 1 is 1.00 bits per heavy atom. The van der Waals surface area contributed by atoms with Gasteiger partial charge in [0, 0.05) is 56.0 Å². The third-order valence-electron chi connectivity index (χ3n) is 7.66. The van der Waals surface area contributed by atoms with Crippen LogP contribution < -0.4 is 10.3 Å². The van der Waals surface area contributed by atoms with Gasteiger partial charge < -0.3 is 14.4 Å². The van der Waals surface area contributed by atoms with Crippen molar-refractivity contribution < 1.29 is 27.4 Å². The SMILES string of the molecule is COC(=O)N1CCN(CC2CSc3c(Cc4c(F)cccc4F)c(C)c(-c4cccc(OC)c4F)c(=O)n32)CC1. The van der Waals surface area contributed by atoms with Crippen LogP contribution in [0.1, 0.15) is 22.7 Å². The van der Waals surface area contributed by atoms with E-state index in [2.05, 4.69) is 4.90 Å². The van der Waals surface area contributed by atoms with Gasteiger partial charge >= 0.3 is 6.09 Å². The highest BCUT2D eigenvalue weighted by Crippen LogP contribution is 2.41. The highest BCUT2D eigenvalue weighted by Gasteiger charge is 2.34. The van der Waals surface area contributed by atoms with E-state index in [1.54, 1.807) is 22.5 Å². The predicted octanol–water partition coefficient (Wildman–Crippen LogP) is 4.87. The second kappa shape index (κ2) is 11.6. The summed E-state index contributed by atoms with van der Waals surface area (Å²) in [5.41, 5.74) is 0.826. The third-order valence-corrected chi connectivity index (χ3v) is 8.92. The molecule has 0 spiro atoms. The fourth-order valence-electron chi connectivity index (χ4n) is 5.51. The number of amides is 1. The third kappa shape index (κ3) is 5.08. The Hall–Kier alpha value is -3.44. The van der Waals surface area contributed by atoms with Crippen LogP contribution >= 0.6 is 11.8 Å². The van der Waals surface area contributed by atoms with Gasteiger partial charge in [-0.2, -0.15) is 0 Å². The zero-order valence-corrected chi connectivity index (χ0v) is 23.3. The lowest BCUT2D eigenvalue weighted by Gasteiger charge is -2.35. The Balaban J connectivity index is 1.59. The van der Waals surface area contributed by atoms with Crippen molar-refractivity contribution in [3.05, 3.63) is 80.9 Å². The summed E-state index contributed by atoms with van der Waals surface area (Å²) in [5.74, 6) is -1.46. The number of halogens is 3. The van der Waals surface area contributed by atoms with Crippen molar-refractivity contribution >= 4 is 17.9 Å². The number of carbonyl (C=O) groups is 1. The van der Waals surface area contributed by atoms with E-state index in [0.717, 1.165) is 0 Å². The number of nitrogens with zero attached hydrogens (tertiary/aromatic N) is 3. The van der Waals surface area contributed by atoms with Crippen molar-refractivity contribution in [2.45, 2.75) is 24.4 Å². The molecule has 11 heteroatoms. The molecule has 2 aliphatic heterocycles. The summed E-state index contributed by atoms with van der Waals surface area (Å²) < 4.78 is 56.6. The van der Waals surface area contributed by atoms with Gasteiger partial charge in [-0.05, 0) is 36.2 Å². The molecule has 0 bridgehead atoms. The van der Waals surface area contributed by atoms with Gasteiger partial charge in [0.2, 0.25) is 0 Å². The molecule has 3 heterocycles. The number of hydrogen-bond acceptors (Lipinski definition) is 6. The molecule has 0 saturated carbocycles. The number of aromatic nitrogens is 1. The smallest absolute Gasteiger partial charge is 0.409 e. The first-order valence-corrected chi connectivity index (χ1v) is 14.0. The standard InChI is InChI=1S/C29H30F3N3O4S/c1-17-20(14-21-22(30)7-5-8-23(21)31)28-35(27(36)25(17)19-6-4-9-24(38-2)26(19)32)18(16-40-28)15-33-10-12-34(13-11-33)29(37)39-3/h4-9,18H,10-16H2,1-3H3. The molecule has 2 aliphatic rings. The molecule has 0 aliphatic carbocycles. The highest BCUT2D eigenvalue weighted by atomic mass is 32.2. The van der Waals surface area contributed by atoms with Crippen molar-refractivity contribution in [2.75, 3.05) is 52.7 Å². The topological polar surface area (TPSA) is 64.0 Å². The summed E-state index contributed by atoms with van der Waals surface area (Å²) in [5, 5.41) is 0.635. The summed E-state index contributed by atoms with van der Waals surface area (Å²) in [4.78, 5) is 29.8. The van der Waals surface area contributed by atoms with Crippen LogP contribution in [0, 0.1) is 24.4 Å². The normalized spacial score (nSPS) is 17.1. The van der Waals surface area contributed by atoms with E-state index in [-0.39, 0.29) is 46.6 Å². The maximum Gasteiger partial charge on any atom is 0.409 e. The molecule has 0 N–H and O–H groups in total. The first-order valence-electron chi connectivity index (χ1n) is 13.0. The first-order chi connectivity index (χ1) is 19.2. The van der Waals surface area contributed by atoms with Gasteiger partial charge in [-0.15, -0.1) is 11.8 Å². The van der Waals surface area contributed by atoms with Gasteiger partial charge in [-0.25, -0.2) is 18.0 Å². The number of hydrogen-bond donors (Lipinski definition) is 0. The fourth-order valence-corrected chi connectivity index (χ4v) is 6.88. The summed E-state index contributed by atoms with van der Waals surface area (Å²) in [6, 6.07) is 8.06. The number of pyridine rings is 1. The molecule has 5 rings (SSSR count). The minimum absolute atomic E-state index is 0.00195. The lowest BCUT2D eigenvalue weighted by atomic mass is 9.94. The molecule has 1 unspecified atom stereocenters. The molecule has 212 valence electrons. The predicted molar refractivity (Wildman–Crippen MR) is 147 cm³/mol. The lowest BCUT2D eigenvalue weighted by Crippen LogP contribution is -2.50. The molecule has 7 nitrogen and oxygen atoms in total. The molecule has 1 aromatic heterocycles. The molecule has 3 aromatic rings. The van der Waals surface area contributed by atoms with Crippen molar-refractivity contribution in [3.8, 4) is 16.9 Å². The van der Waals surface area contributed by atoms with Crippen molar-refractivity contribution in [3.63, 3.8) is 0 Å². The van der Waals surface area contributed by atoms with Crippen LogP contribution in [-0.2, 0) is 11.2 Å². The zero-order chi connectivity index (χ0) is 28.6. The molecule has 1 atom stereocenters. The zero-order valence-electron chi connectivity index (χ0n) is 22.5. The van der Waals surface area contributed by atoms with E-state index in [4.69, 9.17) is 9.47 Å². The molecular weight excluding hydrogens is 543 g/mol. The Bertz CT molecular complexity index is 1480. The first kappa shape index (κ1) is 28.1. The van der Waals surface area contributed by atoms with E-state index in [9.17, 15) is 18.4 Å². The number of ether oxygens (including phenoxy) is 2. The Labute approximate surface area is 234 Å². The molecule has 2 aromatic carbocycles. The maximum atomic E-state index is 15.5. The van der Waals surface area contributed by atoms with Gasteiger partial charge in [0.15, 0.2) is 11.6 Å². The van der Waals surface area contributed by atoms with Crippen LogP contribution in [0.5, 0.6) is 5.75 Å². The molecule has 1 saturated heterocycles. The number of fused-ring (bicyclic) bond motifs is 1. The summed E-state index contributed by atoms with van der Waals surface area (Å²) >= 11 is 1.46. The van der Waals surface area contributed by atoms with Crippen LogP contribution in [0.15, 0.2) is 46.2 Å². The van der Waals surface area contributed by atoms with Crippen molar-refractivity contribution in [1.29, 1.82) is 0 Å². The quantitative estimate of drug-likeness (QED) is 0.420. The minimum Gasteiger partial charge on any atom is -0.494 e. The van der Waals surface area contributed by atoms with Gasteiger partial charge in [0.1, 0.15) is 11.6 Å². The second-order valence-electron chi connectivity index (χ2n) is 9.88. The number of methoxy groups -OCH3 is 2. The highest BCUT2D eigenvalue weighted by molar-refractivity contribution is 7.99.